The first-order chi connectivity index (χ1) is 7.25. The monoisotopic (exact) mass is 227 g/mol. The molecule has 1 aromatic heterocycles. The Hall–Kier alpha value is -1.16. The Morgan fingerprint density at radius 1 is 1.60 bits per heavy atom. The van der Waals surface area contributed by atoms with Crippen molar-refractivity contribution < 1.29 is 4.39 Å². The second-order valence-corrected chi connectivity index (χ2v) is 3.82. The van der Waals surface area contributed by atoms with Gasteiger partial charge >= 0.3 is 0 Å². The SMILES string of the molecule is Fc1cnc(Cl)nc1NC/C=C/C1CC1. The van der Waals surface area contributed by atoms with Crippen molar-refractivity contribution in [3.63, 3.8) is 0 Å². The molecule has 0 bridgehead atoms. The maximum atomic E-state index is 13.1. The van der Waals surface area contributed by atoms with Gasteiger partial charge in [-0.05, 0) is 30.4 Å². The third kappa shape index (κ3) is 3.16. The lowest BCUT2D eigenvalue weighted by atomic mass is 10.3. The highest BCUT2D eigenvalue weighted by atomic mass is 35.5. The lowest BCUT2D eigenvalue weighted by molar-refractivity contribution is 0.617. The zero-order valence-corrected chi connectivity index (χ0v) is 8.84. The standard InChI is InChI=1S/C10H11ClFN3/c11-10-14-6-8(12)9(15-10)13-5-1-2-7-3-4-7/h1-2,6-7H,3-5H2,(H,13,14,15)/b2-1+. The van der Waals surface area contributed by atoms with E-state index in [-0.39, 0.29) is 11.1 Å². The van der Waals surface area contributed by atoms with Crippen LogP contribution >= 0.6 is 11.6 Å². The molecule has 0 aromatic carbocycles. The predicted octanol–water partition coefficient (Wildman–Crippen LogP) is 2.65. The maximum absolute atomic E-state index is 13.1. The van der Waals surface area contributed by atoms with E-state index in [1.54, 1.807) is 0 Å². The van der Waals surface area contributed by atoms with E-state index in [9.17, 15) is 4.39 Å². The molecule has 80 valence electrons. The average Bonchev–Trinajstić information content (AvgIpc) is 3.01. The molecular formula is C10H11ClFN3. The molecule has 1 aromatic rings. The van der Waals surface area contributed by atoms with E-state index in [0.29, 0.717) is 6.54 Å². The fraction of sp³-hybridized carbons (Fsp3) is 0.400. The Bertz CT molecular complexity index is 377. The molecule has 3 nitrogen and oxygen atoms in total. The smallest absolute Gasteiger partial charge is 0.224 e. The lowest BCUT2D eigenvalue weighted by Gasteiger charge is -2.02. The van der Waals surface area contributed by atoms with Crippen LogP contribution in [0.15, 0.2) is 18.3 Å². The normalized spacial score (nSPS) is 15.9. The van der Waals surface area contributed by atoms with Crippen LogP contribution < -0.4 is 5.32 Å². The third-order valence-electron chi connectivity index (χ3n) is 2.13. The minimum Gasteiger partial charge on any atom is -0.364 e. The van der Waals surface area contributed by atoms with E-state index in [1.807, 2.05) is 6.08 Å². The maximum Gasteiger partial charge on any atom is 0.224 e. The van der Waals surface area contributed by atoms with Gasteiger partial charge in [-0.1, -0.05) is 12.2 Å². The average molecular weight is 228 g/mol. The quantitative estimate of drug-likeness (QED) is 0.635. The van der Waals surface area contributed by atoms with E-state index in [0.717, 1.165) is 12.1 Å². The minimum atomic E-state index is -0.487. The summed E-state index contributed by atoms with van der Waals surface area (Å²) in [5, 5.41) is 2.89. The summed E-state index contributed by atoms with van der Waals surface area (Å²) >= 11 is 5.54. The fourth-order valence-corrected chi connectivity index (χ4v) is 1.31. The molecule has 15 heavy (non-hydrogen) atoms. The highest BCUT2D eigenvalue weighted by molar-refractivity contribution is 6.28. The number of halogens is 2. The number of anilines is 1. The molecule has 0 atom stereocenters. The Kier molecular flexibility index (Phi) is 3.16. The molecule has 0 aliphatic heterocycles. The van der Waals surface area contributed by atoms with Crippen molar-refractivity contribution in [2.24, 2.45) is 5.92 Å². The van der Waals surface area contributed by atoms with Crippen LogP contribution in [0.5, 0.6) is 0 Å². The molecule has 0 spiro atoms. The van der Waals surface area contributed by atoms with Gasteiger partial charge in [0.15, 0.2) is 11.6 Å². The van der Waals surface area contributed by atoms with Crippen molar-refractivity contribution in [1.29, 1.82) is 0 Å². The van der Waals surface area contributed by atoms with Crippen LogP contribution in [-0.2, 0) is 0 Å². The van der Waals surface area contributed by atoms with Crippen molar-refractivity contribution in [3.05, 3.63) is 29.4 Å². The molecule has 0 saturated heterocycles. The van der Waals surface area contributed by atoms with Crippen LogP contribution in [0.1, 0.15) is 12.8 Å². The van der Waals surface area contributed by atoms with Crippen LogP contribution in [-0.4, -0.2) is 16.5 Å². The van der Waals surface area contributed by atoms with Crippen molar-refractivity contribution in [1.82, 2.24) is 9.97 Å². The largest absolute Gasteiger partial charge is 0.364 e. The van der Waals surface area contributed by atoms with E-state index in [4.69, 9.17) is 11.6 Å². The Balaban J connectivity index is 1.88. The first kappa shape index (κ1) is 10.4. The van der Waals surface area contributed by atoms with Gasteiger partial charge in [0.2, 0.25) is 5.28 Å². The molecule has 0 radical (unpaired) electrons. The molecular weight excluding hydrogens is 217 g/mol. The second-order valence-electron chi connectivity index (χ2n) is 3.48. The topological polar surface area (TPSA) is 37.8 Å². The number of hydrogen-bond donors (Lipinski definition) is 1. The van der Waals surface area contributed by atoms with Crippen molar-refractivity contribution >= 4 is 17.4 Å². The molecule has 1 aliphatic rings. The van der Waals surface area contributed by atoms with Crippen LogP contribution in [0.2, 0.25) is 5.28 Å². The van der Waals surface area contributed by atoms with Gasteiger partial charge in [-0.15, -0.1) is 0 Å². The first-order valence-electron chi connectivity index (χ1n) is 4.84. The molecule has 0 amide bonds. The van der Waals surface area contributed by atoms with Gasteiger partial charge in [-0.2, -0.15) is 4.98 Å². The van der Waals surface area contributed by atoms with Crippen LogP contribution in [0.3, 0.4) is 0 Å². The minimum absolute atomic E-state index is 0.0464. The van der Waals surface area contributed by atoms with Gasteiger partial charge in [0.05, 0.1) is 6.20 Å². The van der Waals surface area contributed by atoms with E-state index in [2.05, 4.69) is 21.4 Å². The summed E-state index contributed by atoms with van der Waals surface area (Å²) in [6, 6.07) is 0. The van der Waals surface area contributed by atoms with E-state index in [1.165, 1.54) is 12.8 Å². The third-order valence-corrected chi connectivity index (χ3v) is 2.31. The molecule has 0 unspecified atom stereocenters. The molecule has 1 aliphatic carbocycles. The van der Waals surface area contributed by atoms with Crippen LogP contribution in [0.4, 0.5) is 10.2 Å². The molecule has 1 fully saturated rings. The van der Waals surface area contributed by atoms with Gasteiger partial charge in [-0.25, -0.2) is 9.37 Å². The number of nitrogens with zero attached hydrogens (tertiary/aromatic N) is 2. The number of hydrogen-bond acceptors (Lipinski definition) is 3. The molecule has 2 rings (SSSR count). The predicted molar refractivity (Wildman–Crippen MR) is 57.4 cm³/mol. The number of rotatable bonds is 4. The summed E-state index contributed by atoms with van der Waals surface area (Å²) in [7, 11) is 0. The first-order valence-corrected chi connectivity index (χ1v) is 5.22. The summed E-state index contributed by atoms with van der Waals surface area (Å²) in [6.07, 6.45) is 7.71. The van der Waals surface area contributed by atoms with Crippen molar-refractivity contribution in [2.45, 2.75) is 12.8 Å². The highest BCUT2D eigenvalue weighted by Crippen LogP contribution is 2.29. The van der Waals surface area contributed by atoms with Gasteiger partial charge in [0, 0.05) is 6.54 Å². The summed E-state index contributed by atoms with van der Waals surface area (Å²) in [4.78, 5) is 7.27. The van der Waals surface area contributed by atoms with E-state index >= 15 is 0 Å². The van der Waals surface area contributed by atoms with Gasteiger partial charge in [-0.3, -0.25) is 0 Å². The molecule has 5 heteroatoms. The summed E-state index contributed by atoms with van der Waals surface area (Å²) in [6.45, 7) is 0.556. The summed E-state index contributed by atoms with van der Waals surface area (Å²) in [5.41, 5.74) is 0. The molecule has 1 saturated carbocycles. The zero-order chi connectivity index (χ0) is 10.7. The van der Waals surface area contributed by atoms with Gasteiger partial charge < -0.3 is 5.32 Å². The highest BCUT2D eigenvalue weighted by Gasteiger charge is 2.16. The Morgan fingerprint density at radius 3 is 3.13 bits per heavy atom. The Morgan fingerprint density at radius 2 is 2.40 bits per heavy atom. The lowest BCUT2D eigenvalue weighted by Crippen LogP contribution is -2.04. The van der Waals surface area contributed by atoms with E-state index < -0.39 is 5.82 Å². The number of aromatic nitrogens is 2. The molecule has 1 N–H and O–H groups in total. The summed E-state index contributed by atoms with van der Waals surface area (Å²) in [5.74, 6) is 0.389. The second kappa shape index (κ2) is 4.57. The van der Waals surface area contributed by atoms with Crippen molar-refractivity contribution in [2.75, 3.05) is 11.9 Å². The van der Waals surface area contributed by atoms with Crippen LogP contribution in [0, 0.1) is 11.7 Å². The molecule has 1 heterocycles. The zero-order valence-electron chi connectivity index (χ0n) is 8.08. The van der Waals surface area contributed by atoms with Crippen molar-refractivity contribution in [3.8, 4) is 0 Å². The Labute approximate surface area is 92.4 Å². The number of allylic oxidation sites excluding steroid dienone is 1. The van der Waals surface area contributed by atoms with Gasteiger partial charge in [0.1, 0.15) is 0 Å². The summed E-state index contributed by atoms with van der Waals surface area (Å²) < 4.78 is 13.1. The fourth-order valence-electron chi connectivity index (χ4n) is 1.17. The van der Waals surface area contributed by atoms with Gasteiger partial charge in [0.25, 0.3) is 0 Å². The number of nitrogens with one attached hydrogen (secondary N) is 1. The van der Waals surface area contributed by atoms with Crippen LogP contribution in [0.25, 0.3) is 0 Å².